The van der Waals surface area contributed by atoms with Crippen LogP contribution >= 0.6 is 11.3 Å². The Labute approximate surface area is 416 Å². The van der Waals surface area contributed by atoms with Crippen molar-refractivity contribution in [1.29, 1.82) is 0 Å². The summed E-state index contributed by atoms with van der Waals surface area (Å²) in [5.41, 5.74) is 4.99. The summed E-state index contributed by atoms with van der Waals surface area (Å²) in [5.74, 6) is 0.965. The van der Waals surface area contributed by atoms with Gasteiger partial charge in [-0.3, -0.25) is 13.4 Å². The Morgan fingerprint density at radius 1 is 0.871 bits per heavy atom. The van der Waals surface area contributed by atoms with Crippen LogP contribution in [0.3, 0.4) is 0 Å². The quantitative estimate of drug-likeness (QED) is 0.0347. The molecule has 4 saturated carbocycles. The van der Waals surface area contributed by atoms with Gasteiger partial charge in [0.2, 0.25) is 0 Å². The maximum Gasteiger partial charge on any atom is 0.357 e. The van der Waals surface area contributed by atoms with Crippen LogP contribution in [-0.4, -0.2) is 91.6 Å². The molecule has 0 N–H and O–H groups in total. The van der Waals surface area contributed by atoms with E-state index in [1.807, 2.05) is 64.3 Å². The standard InChI is InChI=1S/C52H66N8O7S2Si/c1-35-15-17-38(18-16-35)69(62,63)67-22-21-66-52-30-49(4)27-50(5,31-52)29-51(28-49,32-52)33-60-37(3)40(26-53-60)39-19-20-43(54-45(39)47(61)64-7)58(6)44-25-36(2)46(57-56-44)55-48-59(34-65-23-24-70(8,9)10)41-13-11-12-14-42(41)68-48/h11-20,25-26H,21-24,27-34H2,1-10H3/b55-48-. The van der Waals surface area contributed by atoms with Gasteiger partial charge < -0.3 is 19.1 Å². The van der Waals surface area contributed by atoms with Crippen LogP contribution in [0.25, 0.3) is 21.3 Å². The number of benzene rings is 2. The molecule has 0 aliphatic heterocycles. The predicted molar refractivity (Wildman–Crippen MR) is 275 cm³/mol. The molecule has 372 valence electrons. The normalized spacial score (nSPS) is 23.4. The van der Waals surface area contributed by atoms with E-state index in [0.29, 0.717) is 42.9 Å². The highest BCUT2D eigenvalue weighted by Gasteiger charge is 2.66. The van der Waals surface area contributed by atoms with E-state index in [4.69, 9.17) is 33.5 Å². The molecule has 4 heterocycles. The summed E-state index contributed by atoms with van der Waals surface area (Å²) in [6.45, 7) is 19.6. The van der Waals surface area contributed by atoms with Crippen LogP contribution in [0.5, 0.6) is 0 Å². The van der Waals surface area contributed by atoms with Gasteiger partial charge in [-0.05, 0) is 130 Å². The number of carbonyl (C=O) groups excluding carboxylic acids is 1. The molecule has 70 heavy (non-hydrogen) atoms. The third-order valence-corrected chi connectivity index (χ3v) is 18.6. The van der Waals surface area contributed by atoms with Crippen molar-refractivity contribution in [1.82, 2.24) is 29.5 Å². The maximum absolute atomic E-state index is 13.5. The monoisotopic (exact) mass is 1010 g/mol. The number of fused-ring (bicyclic) bond motifs is 1. The van der Waals surface area contributed by atoms with Crippen molar-refractivity contribution < 1.29 is 31.6 Å². The smallest absolute Gasteiger partial charge is 0.357 e. The van der Waals surface area contributed by atoms with Gasteiger partial charge in [0.05, 0.1) is 47.2 Å². The molecule has 2 aromatic carbocycles. The van der Waals surface area contributed by atoms with Gasteiger partial charge in [-0.25, -0.2) is 9.78 Å². The summed E-state index contributed by atoms with van der Waals surface area (Å²) in [5, 5.41) is 14.1. The lowest BCUT2D eigenvalue weighted by Gasteiger charge is -2.69. The predicted octanol–water partition coefficient (Wildman–Crippen LogP) is 10.3. The van der Waals surface area contributed by atoms with Crippen molar-refractivity contribution >= 4 is 63.2 Å². The number of aromatic nitrogens is 6. The zero-order valence-corrected chi connectivity index (χ0v) is 44.8. The van der Waals surface area contributed by atoms with Gasteiger partial charge in [0.25, 0.3) is 10.1 Å². The summed E-state index contributed by atoms with van der Waals surface area (Å²) in [6.07, 6.45) is 7.72. The van der Waals surface area contributed by atoms with Crippen LogP contribution < -0.4 is 9.70 Å². The molecule has 0 spiro atoms. The highest BCUT2D eigenvalue weighted by Crippen LogP contribution is 2.72. The fourth-order valence-corrected chi connectivity index (χ4v) is 15.0. The Hall–Kier alpha value is -5.11. The summed E-state index contributed by atoms with van der Waals surface area (Å²) in [6, 6.07) is 21.7. The van der Waals surface area contributed by atoms with Crippen LogP contribution in [0.15, 0.2) is 82.8 Å². The number of aryl methyl sites for hydroxylation is 2. The van der Waals surface area contributed by atoms with Crippen molar-refractivity contribution in [2.45, 2.75) is 123 Å². The number of nitrogens with zero attached hydrogens (tertiary/aromatic N) is 8. The van der Waals surface area contributed by atoms with E-state index in [-0.39, 0.29) is 40.0 Å². The van der Waals surface area contributed by atoms with Crippen LogP contribution in [-0.2, 0) is 41.8 Å². The second-order valence-corrected chi connectivity index (χ2v) is 30.4. The molecule has 4 aromatic heterocycles. The average Bonchev–Trinajstić information content (AvgIpc) is 3.82. The number of ether oxygens (including phenoxy) is 3. The van der Waals surface area contributed by atoms with Crippen LogP contribution in [0, 0.1) is 37.0 Å². The van der Waals surface area contributed by atoms with E-state index >= 15 is 0 Å². The molecule has 0 radical (unpaired) electrons. The fraction of sp³-hybridized carbons (Fsp3) is 0.500. The van der Waals surface area contributed by atoms with Gasteiger partial charge >= 0.3 is 5.97 Å². The second-order valence-electron chi connectivity index (χ2n) is 22.2. The molecule has 4 aliphatic carbocycles. The lowest BCUT2D eigenvalue weighted by molar-refractivity contribution is -0.249. The first-order valence-electron chi connectivity index (χ1n) is 24.1. The van der Waals surface area contributed by atoms with Gasteiger partial charge in [0.1, 0.15) is 12.5 Å². The van der Waals surface area contributed by atoms with Crippen LogP contribution in [0.2, 0.25) is 25.7 Å². The number of methoxy groups -OCH3 is 1. The number of para-hydroxylation sites is 1. The van der Waals surface area contributed by atoms with Crippen molar-refractivity contribution in [3.63, 3.8) is 0 Å². The van der Waals surface area contributed by atoms with Gasteiger partial charge in [-0.2, -0.15) is 18.5 Å². The zero-order valence-electron chi connectivity index (χ0n) is 42.2. The number of hydrogen-bond donors (Lipinski definition) is 0. The molecule has 10 rings (SSSR count). The topological polar surface area (TPSA) is 165 Å². The summed E-state index contributed by atoms with van der Waals surface area (Å²) in [4.78, 5) is 26.1. The number of esters is 1. The molecular weight excluding hydrogens is 941 g/mol. The summed E-state index contributed by atoms with van der Waals surface area (Å²) >= 11 is 1.59. The highest BCUT2D eigenvalue weighted by molar-refractivity contribution is 7.86. The third-order valence-electron chi connectivity index (χ3n) is 14.5. The molecule has 0 amide bonds. The molecule has 2 atom stereocenters. The van der Waals surface area contributed by atoms with E-state index in [1.165, 1.54) is 7.11 Å². The van der Waals surface area contributed by atoms with Gasteiger partial charge in [0.15, 0.2) is 22.1 Å². The van der Waals surface area contributed by atoms with E-state index in [9.17, 15) is 13.2 Å². The molecule has 2 unspecified atom stereocenters. The Kier molecular flexibility index (Phi) is 13.4. The first-order valence-corrected chi connectivity index (χ1v) is 30.0. The minimum Gasteiger partial charge on any atom is -0.464 e. The molecule has 6 aromatic rings. The number of carbonyl (C=O) groups is 1. The minimum absolute atomic E-state index is 0.0513. The lowest BCUT2D eigenvalue weighted by atomic mass is 9.39. The van der Waals surface area contributed by atoms with Crippen molar-refractivity contribution in [3.8, 4) is 11.1 Å². The van der Waals surface area contributed by atoms with E-state index < -0.39 is 29.8 Å². The summed E-state index contributed by atoms with van der Waals surface area (Å²) in [7, 11) is -1.94. The van der Waals surface area contributed by atoms with Crippen molar-refractivity contribution in [2.24, 2.45) is 21.2 Å². The Balaban J connectivity index is 0.926. The Morgan fingerprint density at radius 3 is 2.30 bits per heavy atom. The first kappa shape index (κ1) is 49.9. The third kappa shape index (κ3) is 10.3. The minimum atomic E-state index is -3.90. The molecule has 4 fully saturated rings. The molecule has 15 nitrogen and oxygen atoms in total. The molecular formula is C52H66N8O7S2Si. The molecule has 4 aliphatic rings. The van der Waals surface area contributed by atoms with Gasteiger partial charge in [-0.15, -0.1) is 10.2 Å². The summed E-state index contributed by atoms with van der Waals surface area (Å²) < 4.78 is 54.9. The molecule has 0 saturated heterocycles. The number of hydrogen-bond acceptors (Lipinski definition) is 14. The second kappa shape index (κ2) is 18.8. The van der Waals surface area contributed by atoms with Crippen molar-refractivity contribution in [3.05, 3.63) is 100 Å². The van der Waals surface area contributed by atoms with Gasteiger partial charge in [0, 0.05) is 45.1 Å². The van der Waals surface area contributed by atoms with Crippen LogP contribution in [0.4, 0.5) is 17.5 Å². The SMILES string of the molecule is COC(=O)c1nc(N(C)c2cc(C)c(/N=c3\sc4ccccc4n3COCC[Si](C)(C)C)nn2)ccc1-c1cnn(CC23CC4(C)CC(C)(C2)CC(OCCOS(=O)(=O)c2ccc(C)cc2)(C4)C3)c1C. The Bertz CT molecular complexity index is 3110. The average molecular weight is 1010 g/mol. The van der Waals surface area contributed by atoms with E-state index in [1.54, 1.807) is 40.5 Å². The highest BCUT2D eigenvalue weighted by atomic mass is 32.2. The number of rotatable bonds is 18. The number of pyridine rings is 1. The lowest BCUT2D eigenvalue weighted by Crippen LogP contribution is -2.64. The van der Waals surface area contributed by atoms with E-state index in [2.05, 4.69) is 65.1 Å². The number of thiazole rings is 1. The fourth-order valence-electron chi connectivity index (χ4n) is 12.3. The largest absolute Gasteiger partial charge is 0.464 e. The van der Waals surface area contributed by atoms with Crippen LogP contribution in [0.1, 0.15) is 79.7 Å². The van der Waals surface area contributed by atoms with Gasteiger partial charge in [-0.1, -0.05) is 74.7 Å². The molecule has 4 bridgehead atoms. The maximum atomic E-state index is 13.5. The first-order chi connectivity index (χ1) is 33.1. The zero-order chi connectivity index (χ0) is 49.9. The van der Waals surface area contributed by atoms with E-state index in [0.717, 1.165) is 82.0 Å². The number of anilines is 2. The van der Waals surface area contributed by atoms with Crippen molar-refractivity contribution in [2.75, 3.05) is 38.9 Å². The Morgan fingerprint density at radius 2 is 1.60 bits per heavy atom. The molecule has 18 heteroatoms.